The molecule has 6 nitrogen and oxygen atoms in total. The van der Waals surface area contributed by atoms with Gasteiger partial charge in [0.15, 0.2) is 0 Å². The molecule has 0 spiro atoms. The average Bonchev–Trinajstić information content (AvgIpc) is 3.07. The van der Waals surface area contributed by atoms with Crippen LogP contribution < -0.4 is 10.6 Å². The molecule has 2 aromatic heterocycles. The Morgan fingerprint density at radius 1 is 1.08 bits per heavy atom. The lowest BCUT2D eigenvalue weighted by Crippen LogP contribution is -2.07. The lowest BCUT2D eigenvalue weighted by Gasteiger charge is -2.00. The molecule has 0 bridgehead atoms. The van der Waals surface area contributed by atoms with Gasteiger partial charge < -0.3 is 5.32 Å². The van der Waals surface area contributed by atoms with E-state index in [1.165, 1.54) is 17.4 Å². The van der Waals surface area contributed by atoms with Crippen molar-refractivity contribution in [2.75, 3.05) is 10.6 Å². The van der Waals surface area contributed by atoms with Crippen LogP contribution in [0.25, 0.3) is 6.08 Å². The SMILES string of the molecule is O=C(C=Cc1ccccc1)Nc1nnc(NCc2cccnc2)s1. The normalized spacial score (nSPS) is 10.7. The average molecular weight is 337 g/mol. The molecule has 0 aliphatic rings. The fourth-order valence-corrected chi connectivity index (χ4v) is 2.55. The number of nitrogens with one attached hydrogen (secondary N) is 2. The Balaban J connectivity index is 1.52. The van der Waals surface area contributed by atoms with E-state index in [-0.39, 0.29) is 5.91 Å². The van der Waals surface area contributed by atoms with Gasteiger partial charge in [-0.25, -0.2) is 0 Å². The van der Waals surface area contributed by atoms with E-state index in [4.69, 9.17) is 0 Å². The van der Waals surface area contributed by atoms with Crippen molar-refractivity contribution in [2.24, 2.45) is 0 Å². The third-order valence-corrected chi connectivity index (χ3v) is 3.84. The summed E-state index contributed by atoms with van der Waals surface area (Å²) >= 11 is 1.28. The van der Waals surface area contributed by atoms with Crippen LogP contribution in [0.1, 0.15) is 11.1 Å². The molecule has 3 aromatic rings. The Morgan fingerprint density at radius 2 is 1.92 bits per heavy atom. The first-order chi connectivity index (χ1) is 11.8. The van der Waals surface area contributed by atoms with E-state index in [2.05, 4.69) is 25.8 Å². The molecule has 1 amide bonds. The number of carbonyl (C=O) groups is 1. The van der Waals surface area contributed by atoms with E-state index < -0.39 is 0 Å². The van der Waals surface area contributed by atoms with Gasteiger partial charge in [0.25, 0.3) is 0 Å². The molecule has 0 radical (unpaired) electrons. The van der Waals surface area contributed by atoms with Crippen molar-refractivity contribution in [1.29, 1.82) is 0 Å². The van der Waals surface area contributed by atoms with E-state index in [1.54, 1.807) is 18.5 Å². The molecule has 0 aliphatic carbocycles. The highest BCUT2D eigenvalue weighted by atomic mass is 32.1. The topological polar surface area (TPSA) is 79.8 Å². The summed E-state index contributed by atoms with van der Waals surface area (Å²) in [6.45, 7) is 0.602. The molecule has 3 rings (SSSR count). The monoisotopic (exact) mass is 337 g/mol. The zero-order valence-electron chi connectivity index (χ0n) is 12.7. The molecule has 120 valence electrons. The summed E-state index contributed by atoms with van der Waals surface area (Å²) in [5.41, 5.74) is 2.01. The molecular formula is C17H15N5OS. The van der Waals surface area contributed by atoms with Crippen LogP contribution in [-0.4, -0.2) is 21.1 Å². The van der Waals surface area contributed by atoms with E-state index >= 15 is 0 Å². The van der Waals surface area contributed by atoms with Gasteiger partial charge in [-0.3, -0.25) is 15.1 Å². The third-order valence-electron chi connectivity index (χ3n) is 3.05. The summed E-state index contributed by atoms with van der Waals surface area (Å²) in [5.74, 6) is -0.242. The number of rotatable bonds is 6. The number of amides is 1. The predicted octanol–water partition coefficient (Wildman–Crippen LogP) is 3.20. The van der Waals surface area contributed by atoms with E-state index in [0.717, 1.165) is 11.1 Å². The minimum absolute atomic E-state index is 0.242. The maximum absolute atomic E-state index is 11.9. The smallest absolute Gasteiger partial charge is 0.250 e. The van der Waals surface area contributed by atoms with Crippen molar-refractivity contribution in [3.05, 3.63) is 72.1 Å². The van der Waals surface area contributed by atoms with Gasteiger partial charge in [0.05, 0.1) is 0 Å². The van der Waals surface area contributed by atoms with Crippen LogP contribution in [0, 0.1) is 0 Å². The van der Waals surface area contributed by atoms with Gasteiger partial charge in [0.1, 0.15) is 0 Å². The van der Waals surface area contributed by atoms with E-state index in [1.807, 2.05) is 42.5 Å². The third kappa shape index (κ3) is 4.72. The zero-order chi connectivity index (χ0) is 16.6. The van der Waals surface area contributed by atoms with Crippen LogP contribution in [0.3, 0.4) is 0 Å². The second kappa shape index (κ2) is 7.98. The van der Waals surface area contributed by atoms with Crippen molar-refractivity contribution >= 4 is 33.6 Å². The summed E-state index contributed by atoms with van der Waals surface area (Å²) in [6.07, 6.45) is 6.73. The number of anilines is 2. The van der Waals surface area contributed by atoms with Gasteiger partial charge in [0, 0.05) is 25.0 Å². The molecule has 1 aromatic carbocycles. The second-order valence-electron chi connectivity index (χ2n) is 4.86. The molecular weight excluding hydrogens is 322 g/mol. The standard InChI is InChI=1S/C17H15N5OS/c23-15(9-8-13-5-2-1-3-6-13)20-17-22-21-16(24-17)19-12-14-7-4-10-18-11-14/h1-11H,12H2,(H,19,21)(H,20,22,23). The first-order valence-electron chi connectivity index (χ1n) is 7.30. The fourth-order valence-electron chi connectivity index (χ4n) is 1.91. The van der Waals surface area contributed by atoms with Crippen molar-refractivity contribution in [2.45, 2.75) is 6.54 Å². The Kier molecular flexibility index (Phi) is 5.26. The highest BCUT2D eigenvalue weighted by Gasteiger charge is 2.06. The molecule has 7 heteroatoms. The van der Waals surface area contributed by atoms with Gasteiger partial charge in [0.2, 0.25) is 16.2 Å². The van der Waals surface area contributed by atoms with Crippen LogP contribution in [-0.2, 0) is 11.3 Å². The molecule has 2 N–H and O–H groups in total. The molecule has 0 unspecified atom stereocenters. The van der Waals surface area contributed by atoms with Crippen molar-refractivity contribution in [3.8, 4) is 0 Å². The number of benzene rings is 1. The minimum atomic E-state index is -0.242. The summed E-state index contributed by atoms with van der Waals surface area (Å²) in [5, 5.41) is 14.9. The number of aromatic nitrogens is 3. The van der Waals surface area contributed by atoms with Crippen LogP contribution in [0.4, 0.5) is 10.3 Å². The number of hydrogen-bond acceptors (Lipinski definition) is 6. The van der Waals surface area contributed by atoms with Crippen molar-refractivity contribution < 1.29 is 4.79 Å². The zero-order valence-corrected chi connectivity index (χ0v) is 13.5. The second-order valence-corrected chi connectivity index (χ2v) is 5.84. The molecule has 0 aliphatic heterocycles. The summed E-state index contributed by atoms with van der Waals surface area (Å²) in [7, 11) is 0. The summed E-state index contributed by atoms with van der Waals surface area (Å²) in [6, 6.07) is 13.5. The van der Waals surface area contributed by atoms with Crippen LogP contribution in [0.15, 0.2) is 60.9 Å². The predicted molar refractivity (Wildman–Crippen MR) is 95.6 cm³/mol. The lowest BCUT2D eigenvalue weighted by atomic mass is 10.2. The maximum Gasteiger partial charge on any atom is 0.250 e. The Labute approximate surface area is 143 Å². The van der Waals surface area contributed by atoms with E-state index in [0.29, 0.717) is 16.8 Å². The van der Waals surface area contributed by atoms with Gasteiger partial charge in [-0.2, -0.15) is 0 Å². The van der Waals surface area contributed by atoms with Crippen LogP contribution in [0.2, 0.25) is 0 Å². The van der Waals surface area contributed by atoms with Gasteiger partial charge in [-0.1, -0.05) is 47.7 Å². The summed E-state index contributed by atoms with van der Waals surface area (Å²) < 4.78 is 0. The molecule has 0 saturated heterocycles. The highest BCUT2D eigenvalue weighted by Crippen LogP contribution is 2.20. The maximum atomic E-state index is 11.9. The quantitative estimate of drug-likeness (QED) is 0.675. The highest BCUT2D eigenvalue weighted by molar-refractivity contribution is 7.19. The van der Waals surface area contributed by atoms with Gasteiger partial charge >= 0.3 is 0 Å². The first-order valence-corrected chi connectivity index (χ1v) is 8.11. The number of nitrogens with zero attached hydrogens (tertiary/aromatic N) is 3. The summed E-state index contributed by atoms with van der Waals surface area (Å²) in [4.78, 5) is 15.9. The number of pyridine rings is 1. The number of carbonyl (C=O) groups excluding carboxylic acids is 1. The Morgan fingerprint density at radius 3 is 2.71 bits per heavy atom. The fraction of sp³-hybridized carbons (Fsp3) is 0.0588. The molecule has 24 heavy (non-hydrogen) atoms. The molecule has 0 atom stereocenters. The van der Waals surface area contributed by atoms with Crippen molar-refractivity contribution in [1.82, 2.24) is 15.2 Å². The Bertz CT molecular complexity index is 817. The minimum Gasteiger partial charge on any atom is -0.356 e. The largest absolute Gasteiger partial charge is 0.356 e. The first kappa shape index (κ1) is 15.8. The molecule has 2 heterocycles. The van der Waals surface area contributed by atoms with E-state index in [9.17, 15) is 4.79 Å². The van der Waals surface area contributed by atoms with Gasteiger partial charge in [-0.15, -0.1) is 10.2 Å². The van der Waals surface area contributed by atoms with Crippen LogP contribution >= 0.6 is 11.3 Å². The number of hydrogen-bond donors (Lipinski definition) is 2. The van der Waals surface area contributed by atoms with Crippen molar-refractivity contribution in [3.63, 3.8) is 0 Å². The van der Waals surface area contributed by atoms with Crippen LogP contribution in [0.5, 0.6) is 0 Å². The Hall–Kier alpha value is -3.06. The molecule has 0 fully saturated rings. The molecule has 0 saturated carbocycles. The van der Waals surface area contributed by atoms with Gasteiger partial charge in [-0.05, 0) is 23.3 Å². The lowest BCUT2D eigenvalue weighted by molar-refractivity contribution is -0.111.